The van der Waals surface area contributed by atoms with E-state index in [1.807, 2.05) is 36.5 Å². The average molecular weight is 412 g/mol. The predicted molar refractivity (Wildman–Crippen MR) is 120 cm³/mol. The number of carbonyl (C=O) groups excluding carboxylic acids is 1. The Morgan fingerprint density at radius 3 is 2.90 bits per heavy atom. The molecule has 7 nitrogen and oxygen atoms in total. The summed E-state index contributed by atoms with van der Waals surface area (Å²) < 4.78 is 2.07. The first kappa shape index (κ1) is 19.2. The summed E-state index contributed by atoms with van der Waals surface area (Å²) in [5.41, 5.74) is 2.11. The van der Waals surface area contributed by atoms with Crippen LogP contribution in [-0.2, 0) is 11.3 Å². The second-order valence-corrected chi connectivity index (χ2v) is 7.84. The van der Waals surface area contributed by atoms with Gasteiger partial charge in [0.2, 0.25) is 5.91 Å². The molecule has 1 N–H and O–H groups in total. The maximum absolute atomic E-state index is 12.8. The molecule has 1 aromatic carbocycles. The van der Waals surface area contributed by atoms with Crippen molar-refractivity contribution in [1.82, 2.24) is 24.8 Å². The van der Waals surface area contributed by atoms with Gasteiger partial charge in [-0.05, 0) is 42.0 Å². The van der Waals surface area contributed by atoms with Gasteiger partial charge < -0.3 is 14.8 Å². The molecule has 0 bridgehead atoms. The van der Waals surface area contributed by atoms with Crippen LogP contribution in [0.15, 0.2) is 73.4 Å². The highest BCUT2D eigenvalue weighted by molar-refractivity contribution is 5.82. The van der Waals surface area contributed by atoms with Crippen LogP contribution in [0.4, 0.5) is 5.82 Å². The molecule has 0 saturated carbocycles. The van der Waals surface area contributed by atoms with Gasteiger partial charge in [0, 0.05) is 44.3 Å². The van der Waals surface area contributed by atoms with Crippen LogP contribution in [0.2, 0.25) is 0 Å². The minimum atomic E-state index is -0.0590. The highest BCUT2D eigenvalue weighted by Crippen LogP contribution is 2.25. The lowest BCUT2D eigenvalue weighted by molar-refractivity contribution is -0.125. The van der Waals surface area contributed by atoms with E-state index in [0.29, 0.717) is 13.1 Å². The van der Waals surface area contributed by atoms with Crippen molar-refractivity contribution >= 4 is 22.6 Å². The van der Waals surface area contributed by atoms with Gasteiger partial charge in [-0.25, -0.2) is 9.97 Å². The van der Waals surface area contributed by atoms with Crippen molar-refractivity contribution in [3.8, 4) is 5.82 Å². The van der Waals surface area contributed by atoms with E-state index in [0.717, 1.165) is 42.1 Å². The van der Waals surface area contributed by atoms with Crippen LogP contribution in [0.25, 0.3) is 16.7 Å². The molecule has 5 rings (SSSR count). The van der Waals surface area contributed by atoms with E-state index in [-0.39, 0.29) is 11.8 Å². The topological polar surface area (TPSA) is 75.9 Å². The summed E-state index contributed by atoms with van der Waals surface area (Å²) in [5.74, 6) is 1.71. The smallest absolute Gasteiger partial charge is 0.225 e. The molecule has 1 fully saturated rings. The number of nitrogens with zero attached hydrogens (tertiary/aromatic N) is 5. The zero-order valence-electron chi connectivity index (χ0n) is 17.2. The van der Waals surface area contributed by atoms with Crippen molar-refractivity contribution < 1.29 is 4.79 Å². The summed E-state index contributed by atoms with van der Waals surface area (Å²) in [6, 6.07) is 16.2. The van der Waals surface area contributed by atoms with Crippen LogP contribution >= 0.6 is 0 Å². The van der Waals surface area contributed by atoms with E-state index in [4.69, 9.17) is 0 Å². The molecule has 4 heterocycles. The number of amides is 1. The Morgan fingerprint density at radius 2 is 2.00 bits per heavy atom. The van der Waals surface area contributed by atoms with Gasteiger partial charge in [-0.2, -0.15) is 0 Å². The molecule has 1 aliphatic rings. The summed E-state index contributed by atoms with van der Waals surface area (Å²) >= 11 is 0. The maximum Gasteiger partial charge on any atom is 0.225 e. The molecule has 31 heavy (non-hydrogen) atoms. The molecule has 1 aliphatic heterocycles. The molecule has 7 heteroatoms. The predicted octanol–water partition coefficient (Wildman–Crippen LogP) is 3.35. The third kappa shape index (κ3) is 4.12. The highest BCUT2D eigenvalue weighted by atomic mass is 16.1. The molecule has 0 radical (unpaired) electrons. The van der Waals surface area contributed by atoms with Gasteiger partial charge in [0.15, 0.2) is 0 Å². The average Bonchev–Trinajstić information content (AvgIpc) is 3.28. The normalized spacial score (nSPS) is 16.4. The quantitative estimate of drug-likeness (QED) is 0.544. The Labute approximate surface area is 180 Å². The highest BCUT2D eigenvalue weighted by Gasteiger charge is 2.26. The zero-order valence-corrected chi connectivity index (χ0v) is 17.2. The first-order valence-electron chi connectivity index (χ1n) is 10.6. The number of rotatable bonds is 5. The van der Waals surface area contributed by atoms with Crippen LogP contribution in [0, 0.1) is 5.92 Å². The molecule has 1 amide bonds. The first-order valence-corrected chi connectivity index (χ1v) is 10.6. The van der Waals surface area contributed by atoms with Gasteiger partial charge >= 0.3 is 0 Å². The molecule has 4 aromatic rings. The van der Waals surface area contributed by atoms with Crippen LogP contribution in [0.1, 0.15) is 18.4 Å². The van der Waals surface area contributed by atoms with E-state index < -0.39 is 0 Å². The van der Waals surface area contributed by atoms with E-state index >= 15 is 0 Å². The fraction of sp³-hybridized carbons (Fsp3) is 0.250. The molecular weight excluding hydrogens is 388 g/mol. The van der Waals surface area contributed by atoms with Crippen LogP contribution in [-0.4, -0.2) is 38.5 Å². The summed E-state index contributed by atoms with van der Waals surface area (Å²) in [6.45, 7) is 2.04. The number of hydrogen-bond donors (Lipinski definition) is 1. The molecule has 0 spiro atoms. The van der Waals surface area contributed by atoms with Gasteiger partial charge in [0.1, 0.15) is 18.0 Å². The van der Waals surface area contributed by atoms with Crippen molar-refractivity contribution in [2.45, 2.75) is 19.4 Å². The number of piperidine rings is 1. The van der Waals surface area contributed by atoms with E-state index in [2.05, 4.69) is 47.9 Å². The van der Waals surface area contributed by atoms with Crippen LogP contribution < -0.4 is 10.2 Å². The monoisotopic (exact) mass is 412 g/mol. The number of aromatic nitrogens is 4. The Morgan fingerprint density at radius 1 is 1.10 bits per heavy atom. The van der Waals surface area contributed by atoms with Gasteiger partial charge in [-0.3, -0.25) is 9.78 Å². The van der Waals surface area contributed by atoms with Gasteiger partial charge in [-0.1, -0.05) is 24.3 Å². The van der Waals surface area contributed by atoms with Gasteiger partial charge in [0.25, 0.3) is 0 Å². The van der Waals surface area contributed by atoms with Gasteiger partial charge in [0.05, 0.1) is 11.4 Å². The molecular formula is C24H24N6O. The van der Waals surface area contributed by atoms with Crippen molar-refractivity contribution in [3.63, 3.8) is 0 Å². The number of carbonyl (C=O) groups is 1. The van der Waals surface area contributed by atoms with E-state index in [1.165, 1.54) is 5.39 Å². The lowest BCUT2D eigenvalue weighted by Crippen LogP contribution is -2.43. The van der Waals surface area contributed by atoms with Crippen LogP contribution in [0.5, 0.6) is 0 Å². The van der Waals surface area contributed by atoms with Crippen molar-refractivity contribution in [3.05, 3.63) is 79.0 Å². The summed E-state index contributed by atoms with van der Waals surface area (Å²) in [7, 11) is 0. The third-order valence-electron chi connectivity index (χ3n) is 5.79. The summed E-state index contributed by atoms with van der Waals surface area (Å²) in [4.78, 5) is 28.0. The lowest BCUT2D eigenvalue weighted by Gasteiger charge is -2.33. The SMILES string of the molecule is O=C(NCc1cccnc1)[C@@H]1CCCN(c2cc(-n3ccc4ccccc43)ncn2)C1. The molecule has 1 atom stereocenters. The minimum absolute atomic E-state index is 0.0590. The van der Waals surface area contributed by atoms with E-state index in [1.54, 1.807) is 18.7 Å². The zero-order chi connectivity index (χ0) is 21.0. The number of pyridine rings is 1. The molecule has 0 aliphatic carbocycles. The number of fused-ring (bicyclic) bond motifs is 1. The number of para-hydroxylation sites is 1. The Bertz CT molecular complexity index is 1190. The second kappa shape index (κ2) is 8.55. The second-order valence-electron chi connectivity index (χ2n) is 7.84. The van der Waals surface area contributed by atoms with E-state index in [9.17, 15) is 4.79 Å². The fourth-order valence-electron chi connectivity index (χ4n) is 4.16. The summed E-state index contributed by atoms with van der Waals surface area (Å²) in [6.07, 6.45) is 8.98. The van der Waals surface area contributed by atoms with Crippen molar-refractivity contribution in [2.24, 2.45) is 5.92 Å². The largest absolute Gasteiger partial charge is 0.356 e. The Hall–Kier alpha value is -3.74. The number of nitrogens with one attached hydrogen (secondary N) is 1. The third-order valence-corrected chi connectivity index (χ3v) is 5.79. The Kier molecular flexibility index (Phi) is 5.31. The fourth-order valence-corrected chi connectivity index (χ4v) is 4.16. The molecule has 156 valence electrons. The van der Waals surface area contributed by atoms with Gasteiger partial charge in [-0.15, -0.1) is 0 Å². The van der Waals surface area contributed by atoms with Crippen molar-refractivity contribution in [2.75, 3.05) is 18.0 Å². The molecule has 1 saturated heterocycles. The number of anilines is 1. The maximum atomic E-state index is 12.8. The first-order chi connectivity index (χ1) is 15.3. The summed E-state index contributed by atoms with van der Waals surface area (Å²) in [5, 5.41) is 4.22. The minimum Gasteiger partial charge on any atom is -0.356 e. The molecule has 0 unspecified atom stereocenters. The Balaban J connectivity index is 1.30. The molecule has 3 aromatic heterocycles. The van der Waals surface area contributed by atoms with Crippen LogP contribution in [0.3, 0.4) is 0 Å². The standard InChI is InChI=1S/C24H24N6O/c31-24(26-15-18-5-3-10-25-14-18)20-7-4-11-29(16-20)22-13-23(28-17-27-22)30-12-9-19-6-1-2-8-21(19)30/h1-3,5-6,8-10,12-14,17,20H,4,7,11,15-16H2,(H,26,31)/t20-/m1/s1. The van der Waals surface area contributed by atoms with Crippen molar-refractivity contribution in [1.29, 1.82) is 0 Å². The number of benzene rings is 1. The lowest BCUT2D eigenvalue weighted by atomic mass is 9.97. The number of hydrogen-bond acceptors (Lipinski definition) is 5.